The molecule has 2 saturated heterocycles. The van der Waals surface area contributed by atoms with Gasteiger partial charge < -0.3 is 9.64 Å². The number of likely N-dealkylation sites (tertiary alicyclic amines) is 2. The Morgan fingerprint density at radius 2 is 1.55 bits per heavy atom. The molecule has 20 heavy (non-hydrogen) atoms. The second-order valence-electron chi connectivity index (χ2n) is 6.58. The molecule has 0 aliphatic carbocycles. The largest absolute Gasteiger partial charge is 0.474 e. The lowest BCUT2D eigenvalue weighted by molar-refractivity contribution is -0.0880. The highest BCUT2D eigenvalue weighted by atomic mass is 16.5. The average molecular weight is 276 g/mol. The fourth-order valence-electron chi connectivity index (χ4n) is 3.74. The zero-order valence-corrected chi connectivity index (χ0v) is 13.0. The predicted molar refractivity (Wildman–Crippen MR) is 82.2 cm³/mol. The van der Waals surface area contributed by atoms with Gasteiger partial charge in [-0.2, -0.15) is 0 Å². The molecule has 3 aliphatic rings. The standard InChI is InChI=1S/C17H28N2O/c1-15-13-16(18-9-5-3-6-10-18)14-17(2,20-15)19-11-7-4-8-12-19/h13-14H,3-12H2,1-2H3. The summed E-state index contributed by atoms with van der Waals surface area (Å²) in [5.74, 6) is 1.06. The van der Waals surface area contributed by atoms with Gasteiger partial charge in [-0.1, -0.05) is 6.42 Å². The average Bonchev–Trinajstić information content (AvgIpc) is 2.48. The topological polar surface area (TPSA) is 15.7 Å². The van der Waals surface area contributed by atoms with Crippen molar-refractivity contribution in [1.82, 2.24) is 9.80 Å². The van der Waals surface area contributed by atoms with Crippen molar-refractivity contribution in [2.24, 2.45) is 0 Å². The van der Waals surface area contributed by atoms with Crippen LogP contribution in [-0.2, 0) is 4.74 Å². The van der Waals surface area contributed by atoms with Gasteiger partial charge in [0.15, 0.2) is 5.72 Å². The first kappa shape index (κ1) is 14.0. The minimum atomic E-state index is -0.244. The highest BCUT2D eigenvalue weighted by Gasteiger charge is 2.36. The van der Waals surface area contributed by atoms with Crippen LogP contribution in [0, 0.1) is 0 Å². The maximum Gasteiger partial charge on any atom is 0.181 e. The third-order valence-electron chi connectivity index (χ3n) is 4.84. The van der Waals surface area contributed by atoms with Crippen molar-refractivity contribution in [1.29, 1.82) is 0 Å². The fraction of sp³-hybridized carbons (Fsp3) is 0.765. The van der Waals surface area contributed by atoms with Gasteiger partial charge in [-0.15, -0.1) is 0 Å². The molecule has 0 N–H and O–H groups in total. The summed E-state index contributed by atoms with van der Waals surface area (Å²) in [6, 6.07) is 0. The maximum atomic E-state index is 6.22. The smallest absolute Gasteiger partial charge is 0.181 e. The molecule has 3 aliphatic heterocycles. The zero-order valence-electron chi connectivity index (χ0n) is 13.0. The molecule has 3 nitrogen and oxygen atoms in total. The number of rotatable bonds is 2. The molecule has 3 rings (SSSR count). The van der Waals surface area contributed by atoms with E-state index in [9.17, 15) is 0 Å². The van der Waals surface area contributed by atoms with Gasteiger partial charge in [0.2, 0.25) is 0 Å². The molecule has 3 heterocycles. The van der Waals surface area contributed by atoms with Gasteiger partial charge in [-0.25, -0.2) is 0 Å². The van der Waals surface area contributed by atoms with Gasteiger partial charge in [0.25, 0.3) is 0 Å². The SMILES string of the molecule is CC1=CC(N2CCCCC2)=CC(C)(N2CCCCC2)O1. The van der Waals surface area contributed by atoms with Crippen LogP contribution in [0.15, 0.2) is 23.6 Å². The van der Waals surface area contributed by atoms with Gasteiger partial charge in [-0.3, -0.25) is 4.90 Å². The summed E-state index contributed by atoms with van der Waals surface area (Å²) in [5, 5.41) is 0. The van der Waals surface area contributed by atoms with Gasteiger partial charge in [0.1, 0.15) is 0 Å². The number of hydrogen-bond donors (Lipinski definition) is 0. The van der Waals surface area contributed by atoms with Gasteiger partial charge in [0.05, 0.1) is 5.76 Å². The summed E-state index contributed by atoms with van der Waals surface area (Å²) in [5.41, 5.74) is 1.13. The molecule has 0 amide bonds. The number of ether oxygens (including phenoxy) is 1. The molecular formula is C17H28N2O. The molecule has 0 radical (unpaired) electrons. The Kier molecular flexibility index (Phi) is 4.06. The number of nitrogens with zero attached hydrogens (tertiary/aromatic N) is 2. The van der Waals surface area contributed by atoms with Crippen LogP contribution < -0.4 is 0 Å². The van der Waals surface area contributed by atoms with Crippen LogP contribution >= 0.6 is 0 Å². The van der Waals surface area contributed by atoms with Crippen molar-refractivity contribution in [2.45, 2.75) is 58.1 Å². The molecule has 112 valence electrons. The Morgan fingerprint density at radius 1 is 0.950 bits per heavy atom. The van der Waals surface area contributed by atoms with E-state index in [1.165, 1.54) is 57.3 Å². The number of hydrogen-bond acceptors (Lipinski definition) is 3. The summed E-state index contributed by atoms with van der Waals surface area (Å²) >= 11 is 0. The molecule has 0 bridgehead atoms. The number of allylic oxidation sites excluding steroid dienone is 2. The van der Waals surface area contributed by atoms with Crippen molar-refractivity contribution in [3.8, 4) is 0 Å². The van der Waals surface area contributed by atoms with E-state index in [-0.39, 0.29) is 5.72 Å². The molecule has 3 heteroatoms. The van der Waals surface area contributed by atoms with E-state index >= 15 is 0 Å². The van der Waals surface area contributed by atoms with Crippen LogP contribution in [0.4, 0.5) is 0 Å². The van der Waals surface area contributed by atoms with E-state index in [0.29, 0.717) is 0 Å². The Balaban J connectivity index is 1.80. The number of piperidine rings is 2. The minimum Gasteiger partial charge on any atom is -0.474 e. The van der Waals surface area contributed by atoms with E-state index < -0.39 is 0 Å². The van der Waals surface area contributed by atoms with Crippen LogP contribution in [0.25, 0.3) is 0 Å². The van der Waals surface area contributed by atoms with Crippen LogP contribution in [0.5, 0.6) is 0 Å². The Labute approximate surface area is 123 Å². The third kappa shape index (κ3) is 2.88. The fourth-order valence-corrected chi connectivity index (χ4v) is 3.74. The Bertz CT molecular complexity index is 403. The van der Waals surface area contributed by atoms with Crippen molar-refractivity contribution in [2.75, 3.05) is 26.2 Å². The normalized spacial score (nSPS) is 32.4. The molecule has 0 saturated carbocycles. The Morgan fingerprint density at radius 3 is 2.20 bits per heavy atom. The highest BCUT2D eigenvalue weighted by molar-refractivity contribution is 5.27. The van der Waals surface area contributed by atoms with E-state index in [4.69, 9.17) is 4.74 Å². The van der Waals surface area contributed by atoms with Crippen LogP contribution in [0.3, 0.4) is 0 Å². The molecule has 1 unspecified atom stereocenters. The van der Waals surface area contributed by atoms with Gasteiger partial charge in [0, 0.05) is 31.9 Å². The summed E-state index contributed by atoms with van der Waals surface area (Å²) in [7, 11) is 0. The van der Waals surface area contributed by atoms with Crippen molar-refractivity contribution in [3.05, 3.63) is 23.6 Å². The molecule has 0 aromatic heterocycles. The first-order valence-electron chi connectivity index (χ1n) is 8.28. The zero-order chi connectivity index (χ0) is 14.0. The van der Waals surface area contributed by atoms with Crippen molar-refractivity contribution < 1.29 is 4.74 Å². The lowest BCUT2D eigenvalue weighted by Crippen LogP contribution is -2.51. The van der Waals surface area contributed by atoms with Gasteiger partial charge in [-0.05, 0) is 58.1 Å². The summed E-state index contributed by atoms with van der Waals surface area (Å²) in [6.07, 6.45) is 12.6. The third-order valence-corrected chi connectivity index (χ3v) is 4.84. The second-order valence-corrected chi connectivity index (χ2v) is 6.58. The Hall–Kier alpha value is -0.960. The molecular weight excluding hydrogens is 248 g/mol. The lowest BCUT2D eigenvalue weighted by atomic mass is 10.0. The quantitative estimate of drug-likeness (QED) is 0.768. The first-order valence-corrected chi connectivity index (χ1v) is 8.28. The van der Waals surface area contributed by atoms with Crippen LogP contribution in [0.2, 0.25) is 0 Å². The first-order chi connectivity index (χ1) is 9.67. The van der Waals surface area contributed by atoms with Crippen molar-refractivity contribution in [3.63, 3.8) is 0 Å². The van der Waals surface area contributed by atoms with Crippen LogP contribution in [-0.4, -0.2) is 41.7 Å². The van der Waals surface area contributed by atoms with E-state index in [1.807, 2.05) is 0 Å². The molecule has 0 spiro atoms. The molecule has 0 aromatic carbocycles. The predicted octanol–water partition coefficient (Wildman–Crippen LogP) is 3.49. The molecule has 0 aromatic rings. The van der Waals surface area contributed by atoms with Gasteiger partial charge >= 0.3 is 0 Å². The lowest BCUT2D eigenvalue weighted by Gasteiger charge is -2.44. The summed E-state index contributed by atoms with van der Waals surface area (Å²) in [6.45, 7) is 9.05. The van der Waals surface area contributed by atoms with E-state index in [2.05, 4.69) is 35.8 Å². The minimum absolute atomic E-state index is 0.244. The summed E-state index contributed by atoms with van der Waals surface area (Å²) < 4.78 is 6.22. The monoisotopic (exact) mass is 276 g/mol. The van der Waals surface area contributed by atoms with E-state index in [1.54, 1.807) is 0 Å². The van der Waals surface area contributed by atoms with Crippen molar-refractivity contribution >= 4 is 0 Å². The maximum absolute atomic E-state index is 6.22. The highest BCUT2D eigenvalue weighted by Crippen LogP contribution is 2.32. The molecule has 2 fully saturated rings. The summed E-state index contributed by atoms with van der Waals surface area (Å²) in [4.78, 5) is 5.05. The molecule has 1 atom stereocenters. The van der Waals surface area contributed by atoms with E-state index in [0.717, 1.165) is 18.8 Å². The second kappa shape index (κ2) is 5.80. The van der Waals surface area contributed by atoms with Crippen LogP contribution in [0.1, 0.15) is 52.4 Å².